The molecular weight excluding hydrogens is 314 g/mol. The molecule has 8 heteroatoms. The van der Waals surface area contributed by atoms with Gasteiger partial charge in [-0.05, 0) is 35.4 Å². The van der Waals surface area contributed by atoms with Crippen molar-refractivity contribution in [1.82, 2.24) is 25.5 Å². The lowest BCUT2D eigenvalue weighted by Gasteiger charge is -2.10. The summed E-state index contributed by atoms with van der Waals surface area (Å²) in [5.74, 6) is 1.36. The smallest absolute Gasteiger partial charge is 0.230 e. The van der Waals surface area contributed by atoms with Gasteiger partial charge in [0.15, 0.2) is 0 Å². The summed E-state index contributed by atoms with van der Waals surface area (Å²) in [5, 5.41) is 15.1. The second-order valence-corrected chi connectivity index (χ2v) is 6.20. The number of nitrogens with one attached hydrogen (secondary N) is 1. The number of benzene rings is 1. The van der Waals surface area contributed by atoms with E-state index in [9.17, 15) is 4.79 Å². The predicted octanol–water partition coefficient (Wildman–Crippen LogP) is 1.93. The Hall–Kier alpha value is -2.09. The highest BCUT2D eigenvalue weighted by atomic mass is 32.2. The average Bonchev–Trinajstić information content (AvgIpc) is 3.00. The van der Waals surface area contributed by atoms with Gasteiger partial charge in [-0.15, -0.1) is 5.10 Å². The maximum absolute atomic E-state index is 11.8. The number of carbonyl (C=O) groups is 1. The van der Waals surface area contributed by atoms with E-state index in [0.717, 1.165) is 5.69 Å². The number of amides is 1. The Kier molecular flexibility index (Phi) is 6.40. The van der Waals surface area contributed by atoms with E-state index in [1.54, 1.807) is 4.68 Å². The normalized spacial score (nSPS) is 10.8. The van der Waals surface area contributed by atoms with Crippen molar-refractivity contribution < 1.29 is 9.53 Å². The van der Waals surface area contributed by atoms with Crippen LogP contribution in [0.25, 0.3) is 5.69 Å². The number of aromatic nitrogens is 4. The minimum atomic E-state index is -0.0312. The Morgan fingerprint density at radius 1 is 1.39 bits per heavy atom. The molecule has 0 saturated heterocycles. The molecule has 1 heterocycles. The quantitative estimate of drug-likeness (QED) is 0.742. The Bertz CT molecular complexity index is 644. The molecule has 0 aliphatic carbocycles. The van der Waals surface area contributed by atoms with Crippen LogP contribution in [0, 0.1) is 5.92 Å². The summed E-state index contributed by atoms with van der Waals surface area (Å²) in [4.78, 5) is 11.8. The van der Waals surface area contributed by atoms with Gasteiger partial charge in [0.05, 0.1) is 12.4 Å². The molecule has 1 N–H and O–H groups in total. The first-order chi connectivity index (χ1) is 11.1. The molecule has 23 heavy (non-hydrogen) atoms. The topological polar surface area (TPSA) is 81.9 Å². The number of hydrogen-bond donors (Lipinski definition) is 1. The molecule has 0 bridgehead atoms. The lowest BCUT2D eigenvalue weighted by Crippen LogP contribution is -2.28. The number of nitrogens with zero attached hydrogens (tertiary/aromatic N) is 4. The van der Waals surface area contributed by atoms with Crippen LogP contribution in [0.5, 0.6) is 5.75 Å². The molecule has 124 valence electrons. The molecule has 1 aromatic carbocycles. The highest BCUT2D eigenvalue weighted by Crippen LogP contribution is 2.25. The van der Waals surface area contributed by atoms with Gasteiger partial charge >= 0.3 is 0 Å². The van der Waals surface area contributed by atoms with Crippen molar-refractivity contribution in [2.45, 2.75) is 25.9 Å². The Morgan fingerprint density at radius 3 is 2.91 bits per heavy atom. The van der Waals surface area contributed by atoms with Gasteiger partial charge in [0, 0.05) is 6.54 Å². The van der Waals surface area contributed by atoms with Crippen LogP contribution in [0.3, 0.4) is 0 Å². The highest BCUT2D eigenvalue weighted by Gasteiger charge is 2.14. The van der Waals surface area contributed by atoms with Gasteiger partial charge in [0.2, 0.25) is 11.1 Å². The fraction of sp³-hybridized carbons (Fsp3) is 0.467. The lowest BCUT2D eigenvalue weighted by atomic mass is 10.2. The largest absolute Gasteiger partial charge is 0.492 e. The van der Waals surface area contributed by atoms with Crippen molar-refractivity contribution in [1.29, 1.82) is 0 Å². The lowest BCUT2D eigenvalue weighted by molar-refractivity contribution is -0.118. The summed E-state index contributed by atoms with van der Waals surface area (Å²) in [6, 6.07) is 7.53. The van der Waals surface area contributed by atoms with Crippen LogP contribution in [-0.2, 0) is 4.79 Å². The highest BCUT2D eigenvalue weighted by molar-refractivity contribution is 7.99. The van der Waals surface area contributed by atoms with Crippen molar-refractivity contribution in [2.75, 3.05) is 18.9 Å². The van der Waals surface area contributed by atoms with Crippen LogP contribution in [0.4, 0.5) is 0 Å². The molecule has 0 saturated carbocycles. The Balaban J connectivity index is 2.07. The number of ether oxygens (including phenoxy) is 1. The fourth-order valence-electron chi connectivity index (χ4n) is 1.83. The van der Waals surface area contributed by atoms with Gasteiger partial charge in [-0.1, -0.05) is 37.7 Å². The van der Waals surface area contributed by atoms with E-state index in [2.05, 4.69) is 34.7 Å². The van der Waals surface area contributed by atoms with Crippen molar-refractivity contribution in [3.63, 3.8) is 0 Å². The van der Waals surface area contributed by atoms with Crippen LogP contribution in [0.2, 0.25) is 0 Å². The zero-order valence-corrected chi connectivity index (χ0v) is 14.3. The van der Waals surface area contributed by atoms with Gasteiger partial charge in [0.1, 0.15) is 11.4 Å². The fourth-order valence-corrected chi connectivity index (χ4v) is 2.54. The van der Waals surface area contributed by atoms with E-state index < -0.39 is 0 Å². The van der Waals surface area contributed by atoms with Gasteiger partial charge in [-0.3, -0.25) is 4.79 Å². The molecule has 2 aromatic rings. The SMILES string of the molecule is CCOc1ccccc1-n1nnnc1SCC(=O)NCC(C)C. The first-order valence-electron chi connectivity index (χ1n) is 7.52. The van der Waals surface area contributed by atoms with E-state index in [1.807, 2.05) is 31.2 Å². The molecule has 0 fully saturated rings. The molecule has 0 atom stereocenters. The minimum absolute atomic E-state index is 0.0312. The third kappa shape index (κ3) is 4.95. The summed E-state index contributed by atoms with van der Waals surface area (Å²) in [7, 11) is 0. The molecule has 0 spiro atoms. The number of carbonyl (C=O) groups excluding carboxylic acids is 1. The molecule has 7 nitrogen and oxygen atoms in total. The summed E-state index contributed by atoms with van der Waals surface area (Å²) >= 11 is 1.29. The van der Waals surface area contributed by atoms with Crippen LogP contribution < -0.4 is 10.1 Å². The number of thioether (sulfide) groups is 1. The van der Waals surface area contributed by atoms with Crippen LogP contribution in [-0.4, -0.2) is 45.0 Å². The maximum atomic E-state index is 11.8. The zero-order valence-electron chi connectivity index (χ0n) is 13.5. The molecule has 0 unspecified atom stereocenters. The van der Waals surface area contributed by atoms with Gasteiger partial charge < -0.3 is 10.1 Å². The van der Waals surface area contributed by atoms with Gasteiger partial charge in [0.25, 0.3) is 0 Å². The standard InChI is InChI=1S/C15H21N5O2S/c1-4-22-13-8-6-5-7-12(13)20-15(17-18-19-20)23-10-14(21)16-9-11(2)3/h5-8,11H,4,9-10H2,1-3H3,(H,16,21). The minimum Gasteiger partial charge on any atom is -0.492 e. The van der Waals surface area contributed by atoms with Gasteiger partial charge in [-0.25, -0.2) is 0 Å². The van der Waals surface area contributed by atoms with E-state index in [4.69, 9.17) is 4.74 Å². The van der Waals surface area contributed by atoms with Crippen LogP contribution in [0.15, 0.2) is 29.4 Å². The van der Waals surface area contributed by atoms with Crippen molar-refractivity contribution >= 4 is 17.7 Å². The van der Waals surface area contributed by atoms with Crippen LogP contribution in [0.1, 0.15) is 20.8 Å². The summed E-state index contributed by atoms with van der Waals surface area (Å²) < 4.78 is 7.19. The van der Waals surface area contributed by atoms with Crippen molar-refractivity contribution in [3.05, 3.63) is 24.3 Å². The monoisotopic (exact) mass is 335 g/mol. The Labute approximate surface area is 139 Å². The van der Waals surface area contributed by atoms with Crippen molar-refractivity contribution in [2.24, 2.45) is 5.92 Å². The molecule has 1 aromatic heterocycles. The van der Waals surface area contributed by atoms with E-state index in [-0.39, 0.29) is 11.7 Å². The summed E-state index contributed by atoms with van der Waals surface area (Å²) in [5.41, 5.74) is 0.754. The number of tetrazole rings is 1. The third-order valence-electron chi connectivity index (χ3n) is 2.87. The summed E-state index contributed by atoms with van der Waals surface area (Å²) in [6.45, 7) is 7.25. The summed E-state index contributed by atoms with van der Waals surface area (Å²) in [6.07, 6.45) is 0. The molecule has 1 amide bonds. The van der Waals surface area contributed by atoms with Crippen molar-refractivity contribution in [3.8, 4) is 11.4 Å². The van der Waals surface area contributed by atoms with Gasteiger partial charge in [-0.2, -0.15) is 4.68 Å². The molecule has 0 aliphatic rings. The maximum Gasteiger partial charge on any atom is 0.230 e. The third-order valence-corrected chi connectivity index (χ3v) is 3.79. The van der Waals surface area contributed by atoms with Crippen LogP contribution >= 0.6 is 11.8 Å². The zero-order chi connectivity index (χ0) is 16.7. The molecule has 2 rings (SSSR count). The second-order valence-electron chi connectivity index (χ2n) is 5.26. The average molecular weight is 335 g/mol. The second kappa shape index (κ2) is 8.52. The number of hydrogen-bond acceptors (Lipinski definition) is 6. The first-order valence-corrected chi connectivity index (χ1v) is 8.50. The molecular formula is C15H21N5O2S. The van der Waals surface area contributed by atoms with E-state index in [0.29, 0.717) is 30.0 Å². The predicted molar refractivity (Wildman–Crippen MR) is 88.9 cm³/mol. The molecule has 0 radical (unpaired) electrons. The number of para-hydroxylation sites is 2. The van der Waals surface area contributed by atoms with E-state index in [1.165, 1.54) is 11.8 Å². The molecule has 0 aliphatic heterocycles. The first kappa shape index (κ1) is 17.3. The Morgan fingerprint density at radius 2 is 2.17 bits per heavy atom. The number of rotatable bonds is 8. The van der Waals surface area contributed by atoms with E-state index >= 15 is 0 Å².